The Balaban J connectivity index is 2.82. The van der Waals surface area contributed by atoms with E-state index in [1.165, 1.54) is 20.3 Å². The van der Waals surface area contributed by atoms with Crippen LogP contribution >= 0.6 is 0 Å². The summed E-state index contributed by atoms with van der Waals surface area (Å²) in [5.41, 5.74) is 2.70. The smallest absolute Gasteiger partial charge is 0.343 e. The molecule has 0 fully saturated rings. The van der Waals surface area contributed by atoms with E-state index in [0.717, 1.165) is 5.56 Å². The molecule has 0 saturated heterocycles. The quantitative estimate of drug-likeness (QED) is 0.255. The third-order valence-corrected chi connectivity index (χ3v) is 2.33. The van der Waals surface area contributed by atoms with Crippen molar-refractivity contribution in [3.05, 3.63) is 29.8 Å². The molecule has 108 valence electrons. The van der Waals surface area contributed by atoms with E-state index in [1.807, 2.05) is 5.43 Å². The van der Waals surface area contributed by atoms with Crippen molar-refractivity contribution in [3.63, 3.8) is 0 Å². The molecule has 0 bridgehead atoms. The van der Waals surface area contributed by atoms with E-state index >= 15 is 0 Å². The van der Waals surface area contributed by atoms with Crippen molar-refractivity contribution < 1.29 is 23.8 Å². The Kier molecular flexibility index (Phi) is 6.05. The monoisotopic (exact) mass is 280 g/mol. The number of benzene rings is 1. The fourth-order valence-corrected chi connectivity index (χ4v) is 1.32. The van der Waals surface area contributed by atoms with E-state index in [-0.39, 0.29) is 6.61 Å². The van der Waals surface area contributed by atoms with Gasteiger partial charge >= 0.3 is 5.97 Å². The largest absolute Gasteiger partial charge is 0.493 e. The number of hydrogen-bond acceptors (Lipinski definition) is 6. The molecule has 7 nitrogen and oxygen atoms in total. The number of nitrogens with one attached hydrogen (secondary N) is 1. The Bertz CT molecular complexity index is 513. The minimum absolute atomic E-state index is 0.211. The van der Waals surface area contributed by atoms with Crippen LogP contribution < -0.4 is 20.7 Å². The van der Waals surface area contributed by atoms with Gasteiger partial charge in [-0.15, -0.1) is 0 Å². The molecular weight excluding hydrogens is 264 g/mol. The average molecular weight is 280 g/mol. The predicted octanol–water partition coefficient (Wildman–Crippen LogP) is 0.250. The molecular formula is C13H16N2O5. The van der Waals surface area contributed by atoms with E-state index < -0.39 is 11.9 Å². The van der Waals surface area contributed by atoms with Crippen LogP contribution in [0.1, 0.15) is 5.56 Å². The number of hydrazine groups is 1. The molecule has 0 aromatic heterocycles. The summed E-state index contributed by atoms with van der Waals surface area (Å²) in [7, 11) is 2.75. The zero-order valence-electron chi connectivity index (χ0n) is 11.2. The Morgan fingerprint density at radius 2 is 2.05 bits per heavy atom. The summed E-state index contributed by atoms with van der Waals surface area (Å²) in [6.07, 6.45) is 2.85. The van der Waals surface area contributed by atoms with Gasteiger partial charge in [-0.25, -0.2) is 10.6 Å². The first-order chi connectivity index (χ1) is 9.60. The predicted molar refractivity (Wildman–Crippen MR) is 71.9 cm³/mol. The number of nitrogens with two attached hydrogens (primary N) is 1. The normalized spacial score (nSPS) is 10.2. The number of ether oxygens (including phenoxy) is 3. The highest BCUT2D eigenvalue weighted by Crippen LogP contribution is 2.28. The number of carbonyl (C=O) groups is 2. The Morgan fingerprint density at radius 1 is 1.30 bits per heavy atom. The molecule has 20 heavy (non-hydrogen) atoms. The van der Waals surface area contributed by atoms with Crippen LogP contribution in [0, 0.1) is 0 Å². The molecule has 0 unspecified atom stereocenters. The Hall–Kier alpha value is -2.54. The SMILES string of the molecule is COC(=O)COc1ccc(C=CC(=O)NN)cc1OC. The van der Waals surface area contributed by atoms with Crippen molar-refractivity contribution in [1.82, 2.24) is 5.43 Å². The number of rotatable bonds is 6. The van der Waals surface area contributed by atoms with Crippen LogP contribution in [0.5, 0.6) is 11.5 Å². The molecule has 1 amide bonds. The van der Waals surface area contributed by atoms with Crippen molar-refractivity contribution in [2.75, 3.05) is 20.8 Å². The first kappa shape index (κ1) is 15.5. The van der Waals surface area contributed by atoms with Crippen LogP contribution in [0.4, 0.5) is 0 Å². The molecule has 7 heteroatoms. The molecule has 1 aromatic carbocycles. The summed E-state index contributed by atoms with van der Waals surface area (Å²) < 4.78 is 14.9. The van der Waals surface area contributed by atoms with Crippen LogP contribution in [0.2, 0.25) is 0 Å². The maximum absolute atomic E-state index is 11.0. The molecule has 0 aliphatic rings. The van der Waals surface area contributed by atoms with Crippen molar-refractivity contribution in [1.29, 1.82) is 0 Å². The lowest BCUT2D eigenvalue weighted by Crippen LogP contribution is -2.27. The van der Waals surface area contributed by atoms with Gasteiger partial charge in [-0.05, 0) is 23.8 Å². The molecule has 0 spiro atoms. The number of amides is 1. The van der Waals surface area contributed by atoms with Crippen molar-refractivity contribution >= 4 is 18.0 Å². The zero-order chi connectivity index (χ0) is 15.0. The minimum Gasteiger partial charge on any atom is -0.493 e. The van der Waals surface area contributed by atoms with E-state index in [4.69, 9.17) is 15.3 Å². The van der Waals surface area contributed by atoms with Gasteiger partial charge in [-0.3, -0.25) is 10.2 Å². The third-order valence-electron chi connectivity index (χ3n) is 2.33. The summed E-state index contributed by atoms with van der Waals surface area (Å²) in [6.45, 7) is -0.211. The van der Waals surface area contributed by atoms with Gasteiger partial charge in [-0.2, -0.15) is 0 Å². The lowest BCUT2D eigenvalue weighted by atomic mass is 10.2. The second kappa shape index (κ2) is 7.80. The molecule has 0 radical (unpaired) electrons. The Morgan fingerprint density at radius 3 is 2.65 bits per heavy atom. The molecule has 0 aliphatic heterocycles. The first-order valence-electron chi connectivity index (χ1n) is 5.67. The van der Waals surface area contributed by atoms with Crippen molar-refractivity contribution in [2.24, 2.45) is 5.84 Å². The number of carbonyl (C=O) groups excluding carboxylic acids is 2. The summed E-state index contributed by atoms with van der Waals surface area (Å²) in [4.78, 5) is 22.0. The van der Waals surface area contributed by atoms with Crippen LogP contribution in [-0.2, 0) is 14.3 Å². The Labute approximate surface area is 116 Å². The number of esters is 1. The van der Waals surface area contributed by atoms with Gasteiger partial charge in [0.05, 0.1) is 14.2 Å². The topological polar surface area (TPSA) is 99.9 Å². The molecule has 0 saturated carbocycles. The van der Waals surface area contributed by atoms with Crippen LogP contribution in [0.15, 0.2) is 24.3 Å². The molecule has 0 heterocycles. The van der Waals surface area contributed by atoms with Gasteiger partial charge < -0.3 is 14.2 Å². The summed E-state index contributed by atoms with van der Waals surface area (Å²) in [5.74, 6) is 4.88. The van der Waals surface area contributed by atoms with E-state index in [1.54, 1.807) is 24.3 Å². The van der Waals surface area contributed by atoms with Gasteiger partial charge in [0.2, 0.25) is 0 Å². The summed E-state index contributed by atoms with van der Waals surface area (Å²) in [6, 6.07) is 4.99. The second-order valence-corrected chi connectivity index (χ2v) is 3.62. The molecule has 1 rings (SSSR count). The maximum atomic E-state index is 11.0. The minimum atomic E-state index is -0.490. The highest BCUT2D eigenvalue weighted by Gasteiger charge is 2.08. The lowest BCUT2D eigenvalue weighted by molar-refractivity contribution is -0.142. The first-order valence-corrected chi connectivity index (χ1v) is 5.67. The standard InChI is InChI=1S/C13H16N2O5/c1-18-11-7-9(4-6-12(16)15-14)3-5-10(11)20-8-13(17)19-2/h3-7H,8,14H2,1-2H3,(H,15,16). The highest BCUT2D eigenvalue weighted by atomic mass is 16.6. The summed E-state index contributed by atoms with van der Waals surface area (Å²) in [5, 5.41) is 0. The van der Waals surface area contributed by atoms with Gasteiger partial charge in [0.25, 0.3) is 5.91 Å². The van der Waals surface area contributed by atoms with Gasteiger partial charge in [0.15, 0.2) is 18.1 Å². The summed E-state index contributed by atoms with van der Waals surface area (Å²) >= 11 is 0. The van der Waals surface area contributed by atoms with Crippen LogP contribution in [-0.4, -0.2) is 32.7 Å². The van der Waals surface area contributed by atoms with E-state index in [0.29, 0.717) is 11.5 Å². The van der Waals surface area contributed by atoms with Gasteiger partial charge in [-0.1, -0.05) is 6.07 Å². The maximum Gasteiger partial charge on any atom is 0.343 e. The molecule has 3 N–H and O–H groups in total. The molecule has 0 aliphatic carbocycles. The van der Waals surface area contributed by atoms with E-state index in [2.05, 4.69) is 4.74 Å². The number of hydrogen-bond donors (Lipinski definition) is 2. The molecule has 0 atom stereocenters. The van der Waals surface area contributed by atoms with Gasteiger partial charge in [0, 0.05) is 6.08 Å². The van der Waals surface area contributed by atoms with Crippen molar-refractivity contribution in [2.45, 2.75) is 0 Å². The molecule has 1 aromatic rings. The highest BCUT2D eigenvalue weighted by molar-refractivity contribution is 5.91. The second-order valence-electron chi connectivity index (χ2n) is 3.62. The average Bonchev–Trinajstić information content (AvgIpc) is 2.50. The van der Waals surface area contributed by atoms with Gasteiger partial charge in [0.1, 0.15) is 0 Å². The fraction of sp³-hybridized carbons (Fsp3) is 0.231. The van der Waals surface area contributed by atoms with Crippen LogP contribution in [0.3, 0.4) is 0 Å². The lowest BCUT2D eigenvalue weighted by Gasteiger charge is -2.10. The third kappa shape index (κ3) is 4.62. The fourth-order valence-electron chi connectivity index (χ4n) is 1.32. The zero-order valence-corrected chi connectivity index (χ0v) is 11.2. The number of methoxy groups -OCH3 is 2. The van der Waals surface area contributed by atoms with Crippen molar-refractivity contribution in [3.8, 4) is 11.5 Å². The van der Waals surface area contributed by atoms with E-state index in [9.17, 15) is 9.59 Å². The van der Waals surface area contributed by atoms with Crippen LogP contribution in [0.25, 0.3) is 6.08 Å².